The minimum absolute atomic E-state index is 0.145. The molecule has 1 aliphatic carbocycles. The summed E-state index contributed by atoms with van der Waals surface area (Å²) in [6.07, 6.45) is 7.64. The van der Waals surface area contributed by atoms with Gasteiger partial charge in [-0.05, 0) is 23.3 Å². The van der Waals surface area contributed by atoms with Crippen LogP contribution in [0.1, 0.15) is 30.9 Å². The molecule has 2 aromatic rings. The third-order valence-electron chi connectivity index (χ3n) is 3.38. The van der Waals surface area contributed by atoms with Gasteiger partial charge in [-0.3, -0.25) is 4.98 Å². The van der Waals surface area contributed by atoms with E-state index in [2.05, 4.69) is 23.2 Å². The van der Waals surface area contributed by atoms with Crippen molar-refractivity contribution in [3.05, 3.63) is 42.2 Å². The summed E-state index contributed by atoms with van der Waals surface area (Å²) in [4.78, 5) is 4.28. The van der Waals surface area contributed by atoms with E-state index in [0.717, 1.165) is 12.3 Å². The second-order valence-electron chi connectivity index (χ2n) is 4.74. The lowest BCUT2D eigenvalue weighted by Crippen LogP contribution is -2.11. The molecule has 1 heterocycles. The van der Waals surface area contributed by atoms with Gasteiger partial charge in [0.2, 0.25) is 0 Å². The third kappa shape index (κ3) is 1.81. The minimum Gasteiger partial charge on any atom is -0.324 e. The van der Waals surface area contributed by atoms with E-state index in [9.17, 15) is 0 Å². The highest BCUT2D eigenvalue weighted by molar-refractivity contribution is 5.85. The van der Waals surface area contributed by atoms with Crippen molar-refractivity contribution in [3.63, 3.8) is 0 Å². The highest BCUT2D eigenvalue weighted by Crippen LogP contribution is 2.37. The molecule has 16 heavy (non-hydrogen) atoms. The number of rotatable bonds is 3. The first-order valence-corrected chi connectivity index (χ1v) is 5.93. The fourth-order valence-corrected chi connectivity index (χ4v) is 2.27. The molecular weight excluding hydrogens is 196 g/mol. The monoisotopic (exact) mass is 212 g/mol. The second kappa shape index (κ2) is 3.87. The van der Waals surface area contributed by atoms with Crippen LogP contribution in [0.15, 0.2) is 36.7 Å². The average Bonchev–Trinajstić information content (AvgIpc) is 3.12. The molecule has 0 aliphatic heterocycles. The molecule has 0 amide bonds. The molecule has 1 saturated carbocycles. The van der Waals surface area contributed by atoms with E-state index in [1.54, 1.807) is 0 Å². The van der Waals surface area contributed by atoms with Crippen LogP contribution in [0.3, 0.4) is 0 Å². The Bertz CT molecular complexity index is 498. The molecular formula is C14H16N2. The van der Waals surface area contributed by atoms with E-state index in [1.807, 2.05) is 18.5 Å². The van der Waals surface area contributed by atoms with Crippen molar-refractivity contribution >= 4 is 10.8 Å². The SMILES string of the molecule is NC(CC1CC1)c1cncc2ccccc12. The Kier molecular flexibility index (Phi) is 2.37. The highest BCUT2D eigenvalue weighted by Gasteiger charge is 2.25. The van der Waals surface area contributed by atoms with Gasteiger partial charge in [-0.25, -0.2) is 0 Å². The predicted octanol–water partition coefficient (Wildman–Crippen LogP) is 3.03. The maximum atomic E-state index is 6.26. The van der Waals surface area contributed by atoms with E-state index in [4.69, 9.17) is 5.73 Å². The Hall–Kier alpha value is -1.41. The molecule has 1 unspecified atom stereocenters. The van der Waals surface area contributed by atoms with E-state index in [-0.39, 0.29) is 6.04 Å². The van der Waals surface area contributed by atoms with Gasteiger partial charge in [-0.1, -0.05) is 37.1 Å². The Morgan fingerprint density at radius 2 is 2.06 bits per heavy atom. The number of fused-ring (bicyclic) bond motifs is 1. The van der Waals surface area contributed by atoms with Crippen LogP contribution >= 0.6 is 0 Å². The number of nitrogens with zero attached hydrogens (tertiary/aromatic N) is 1. The van der Waals surface area contributed by atoms with E-state index < -0.39 is 0 Å². The van der Waals surface area contributed by atoms with Gasteiger partial charge < -0.3 is 5.73 Å². The Morgan fingerprint density at radius 1 is 1.25 bits per heavy atom. The van der Waals surface area contributed by atoms with Gasteiger partial charge >= 0.3 is 0 Å². The molecule has 1 aliphatic rings. The Labute approximate surface area is 95.5 Å². The first-order valence-electron chi connectivity index (χ1n) is 5.93. The van der Waals surface area contributed by atoms with Crippen molar-refractivity contribution < 1.29 is 0 Å². The largest absolute Gasteiger partial charge is 0.324 e. The summed E-state index contributed by atoms with van der Waals surface area (Å²) in [5.74, 6) is 0.856. The Balaban J connectivity index is 2.00. The van der Waals surface area contributed by atoms with E-state index in [1.165, 1.54) is 29.2 Å². The molecule has 2 N–H and O–H groups in total. The topological polar surface area (TPSA) is 38.9 Å². The summed E-state index contributed by atoms with van der Waals surface area (Å²) in [5, 5.41) is 2.44. The summed E-state index contributed by atoms with van der Waals surface area (Å²) in [6, 6.07) is 8.48. The maximum Gasteiger partial charge on any atom is 0.0346 e. The van der Waals surface area contributed by atoms with Crippen LogP contribution in [0, 0.1) is 5.92 Å². The molecule has 0 spiro atoms. The van der Waals surface area contributed by atoms with Gasteiger partial charge in [0.1, 0.15) is 0 Å². The fraction of sp³-hybridized carbons (Fsp3) is 0.357. The number of hydrogen-bond acceptors (Lipinski definition) is 2. The zero-order chi connectivity index (χ0) is 11.0. The highest BCUT2D eigenvalue weighted by atomic mass is 14.7. The molecule has 3 rings (SSSR count). The number of nitrogens with two attached hydrogens (primary N) is 1. The summed E-state index contributed by atoms with van der Waals surface area (Å²) in [7, 11) is 0. The van der Waals surface area contributed by atoms with Crippen LogP contribution in [0.4, 0.5) is 0 Å². The molecule has 1 fully saturated rings. The summed E-state index contributed by atoms with van der Waals surface area (Å²) in [6.45, 7) is 0. The quantitative estimate of drug-likeness (QED) is 0.849. The zero-order valence-corrected chi connectivity index (χ0v) is 9.26. The van der Waals surface area contributed by atoms with Gasteiger partial charge in [0.05, 0.1) is 0 Å². The van der Waals surface area contributed by atoms with Crippen molar-refractivity contribution in [1.29, 1.82) is 0 Å². The first kappa shape index (κ1) is 9.79. The van der Waals surface area contributed by atoms with E-state index >= 15 is 0 Å². The van der Waals surface area contributed by atoms with Crippen LogP contribution in [-0.2, 0) is 0 Å². The van der Waals surface area contributed by atoms with Crippen LogP contribution < -0.4 is 5.73 Å². The van der Waals surface area contributed by atoms with Gasteiger partial charge in [-0.2, -0.15) is 0 Å². The van der Waals surface area contributed by atoms with Crippen molar-refractivity contribution in [2.24, 2.45) is 11.7 Å². The lowest BCUT2D eigenvalue weighted by Gasteiger charge is -2.13. The van der Waals surface area contributed by atoms with Crippen molar-refractivity contribution in [2.75, 3.05) is 0 Å². The van der Waals surface area contributed by atoms with Crippen LogP contribution in [0.5, 0.6) is 0 Å². The minimum atomic E-state index is 0.145. The number of pyridine rings is 1. The molecule has 0 radical (unpaired) electrons. The predicted molar refractivity (Wildman–Crippen MR) is 66.0 cm³/mol. The van der Waals surface area contributed by atoms with Gasteiger partial charge in [0.25, 0.3) is 0 Å². The number of hydrogen-bond donors (Lipinski definition) is 1. The van der Waals surface area contributed by atoms with Gasteiger partial charge in [0, 0.05) is 23.8 Å². The molecule has 1 aromatic heterocycles. The third-order valence-corrected chi connectivity index (χ3v) is 3.38. The summed E-state index contributed by atoms with van der Waals surface area (Å²) < 4.78 is 0. The van der Waals surface area contributed by atoms with Crippen LogP contribution in [-0.4, -0.2) is 4.98 Å². The lowest BCUT2D eigenvalue weighted by molar-refractivity contribution is 0.599. The second-order valence-corrected chi connectivity index (χ2v) is 4.74. The van der Waals surface area contributed by atoms with Crippen LogP contribution in [0.2, 0.25) is 0 Å². The molecule has 82 valence electrons. The standard InChI is InChI=1S/C14H16N2/c15-14(7-10-5-6-10)13-9-16-8-11-3-1-2-4-12(11)13/h1-4,8-10,14H,5-7,15H2. The maximum absolute atomic E-state index is 6.26. The van der Waals surface area contributed by atoms with Crippen molar-refractivity contribution in [1.82, 2.24) is 4.98 Å². The first-order chi connectivity index (χ1) is 7.84. The molecule has 0 saturated heterocycles. The molecule has 1 atom stereocenters. The number of benzene rings is 1. The summed E-state index contributed by atoms with van der Waals surface area (Å²) >= 11 is 0. The van der Waals surface area contributed by atoms with Gasteiger partial charge in [-0.15, -0.1) is 0 Å². The van der Waals surface area contributed by atoms with Crippen molar-refractivity contribution in [3.8, 4) is 0 Å². The zero-order valence-electron chi connectivity index (χ0n) is 9.26. The smallest absolute Gasteiger partial charge is 0.0346 e. The lowest BCUT2D eigenvalue weighted by atomic mass is 9.98. The van der Waals surface area contributed by atoms with Gasteiger partial charge in [0.15, 0.2) is 0 Å². The molecule has 0 bridgehead atoms. The summed E-state index contributed by atoms with van der Waals surface area (Å²) in [5.41, 5.74) is 7.46. The van der Waals surface area contributed by atoms with Crippen LogP contribution in [0.25, 0.3) is 10.8 Å². The average molecular weight is 212 g/mol. The van der Waals surface area contributed by atoms with E-state index in [0.29, 0.717) is 0 Å². The normalized spacial score (nSPS) is 17.6. The molecule has 2 heteroatoms. The molecule has 1 aromatic carbocycles. The Morgan fingerprint density at radius 3 is 2.88 bits per heavy atom. The fourth-order valence-electron chi connectivity index (χ4n) is 2.27. The molecule has 2 nitrogen and oxygen atoms in total. The number of aromatic nitrogens is 1. The van der Waals surface area contributed by atoms with Crippen molar-refractivity contribution in [2.45, 2.75) is 25.3 Å².